The molecule has 1 aliphatic rings. The van der Waals surface area contributed by atoms with Crippen molar-refractivity contribution >= 4 is 5.91 Å². The quantitative estimate of drug-likeness (QED) is 0.845. The van der Waals surface area contributed by atoms with Gasteiger partial charge in [0.25, 0.3) is 5.91 Å². The zero-order valence-corrected chi connectivity index (χ0v) is 13.7. The van der Waals surface area contributed by atoms with Gasteiger partial charge < -0.3 is 13.8 Å². The molecule has 3 heterocycles. The van der Waals surface area contributed by atoms with E-state index in [0.29, 0.717) is 23.8 Å². The third-order valence-electron chi connectivity index (χ3n) is 4.38. The highest BCUT2D eigenvalue weighted by atomic mass is 16.5. The van der Waals surface area contributed by atoms with Gasteiger partial charge in [-0.1, -0.05) is 18.5 Å². The number of carbonyl (C=O) groups excluding carboxylic acids is 1. The van der Waals surface area contributed by atoms with Gasteiger partial charge >= 0.3 is 0 Å². The van der Waals surface area contributed by atoms with Crippen molar-refractivity contribution in [2.75, 3.05) is 13.1 Å². The van der Waals surface area contributed by atoms with E-state index < -0.39 is 0 Å². The molecule has 1 saturated heterocycles. The number of amides is 1. The minimum Gasteiger partial charge on any atom is -0.469 e. The summed E-state index contributed by atoms with van der Waals surface area (Å²) in [5.74, 6) is 2.25. The van der Waals surface area contributed by atoms with Crippen LogP contribution in [0.1, 0.15) is 66.4 Å². The molecular formula is C17H23N3O3. The molecule has 0 N–H and O–H groups in total. The Hall–Kier alpha value is -2.11. The van der Waals surface area contributed by atoms with Crippen molar-refractivity contribution in [2.45, 2.75) is 51.9 Å². The first kappa shape index (κ1) is 15.8. The maximum Gasteiger partial charge on any atom is 0.257 e. The van der Waals surface area contributed by atoms with Crippen molar-refractivity contribution in [3.8, 4) is 0 Å². The van der Waals surface area contributed by atoms with Crippen LogP contribution in [0.4, 0.5) is 0 Å². The van der Waals surface area contributed by atoms with Gasteiger partial charge in [-0.2, -0.15) is 4.98 Å². The molecule has 0 radical (unpaired) electrons. The van der Waals surface area contributed by atoms with E-state index in [-0.39, 0.29) is 11.8 Å². The smallest absolute Gasteiger partial charge is 0.257 e. The SMILES string of the molecule is CCCCc1noc([C@@H]2CCCN(C(=O)c3ccoc3C)C2)n1. The number of likely N-dealkylation sites (tertiary alicyclic amines) is 1. The second kappa shape index (κ2) is 6.98. The topological polar surface area (TPSA) is 72.4 Å². The van der Waals surface area contributed by atoms with Crippen molar-refractivity contribution in [3.05, 3.63) is 35.4 Å². The predicted octanol–water partition coefficient (Wildman–Crippen LogP) is 3.33. The Morgan fingerprint density at radius 3 is 3.09 bits per heavy atom. The fourth-order valence-corrected chi connectivity index (χ4v) is 3.01. The monoisotopic (exact) mass is 317 g/mol. The molecule has 2 aromatic rings. The number of unbranched alkanes of at least 4 members (excludes halogenated alkanes) is 1. The molecular weight excluding hydrogens is 294 g/mol. The average Bonchev–Trinajstić information content (AvgIpc) is 3.21. The van der Waals surface area contributed by atoms with Gasteiger partial charge in [-0.3, -0.25) is 4.79 Å². The van der Waals surface area contributed by atoms with Crippen molar-refractivity contribution < 1.29 is 13.7 Å². The van der Waals surface area contributed by atoms with Gasteiger partial charge in [0.15, 0.2) is 5.82 Å². The first-order chi connectivity index (χ1) is 11.2. The van der Waals surface area contributed by atoms with Crippen LogP contribution >= 0.6 is 0 Å². The molecule has 0 aliphatic carbocycles. The second-order valence-corrected chi connectivity index (χ2v) is 6.13. The van der Waals surface area contributed by atoms with E-state index in [0.717, 1.165) is 44.5 Å². The van der Waals surface area contributed by atoms with E-state index in [1.54, 1.807) is 12.3 Å². The molecule has 23 heavy (non-hydrogen) atoms. The molecule has 0 aromatic carbocycles. The number of carbonyl (C=O) groups is 1. The van der Waals surface area contributed by atoms with Gasteiger partial charge in [-0.25, -0.2) is 0 Å². The number of nitrogens with zero attached hydrogens (tertiary/aromatic N) is 3. The van der Waals surface area contributed by atoms with Crippen LogP contribution in [0.15, 0.2) is 21.3 Å². The molecule has 1 fully saturated rings. The van der Waals surface area contributed by atoms with Crippen LogP contribution in [-0.4, -0.2) is 34.0 Å². The number of aryl methyl sites for hydroxylation is 2. The standard InChI is InChI=1S/C17H23N3O3/c1-3-4-7-15-18-16(23-19-15)13-6-5-9-20(11-13)17(21)14-8-10-22-12(14)2/h8,10,13H,3-7,9,11H2,1-2H3/t13-/m1/s1. The highest BCUT2D eigenvalue weighted by Crippen LogP contribution is 2.27. The van der Waals surface area contributed by atoms with E-state index >= 15 is 0 Å². The summed E-state index contributed by atoms with van der Waals surface area (Å²) in [4.78, 5) is 19.0. The van der Waals surface area contributed by atoms with Crippen molar-refractivity contribution in [1.82, 2.24) is 15.0 Å². The maximum absolute atomic E-state index is 12.6. The van der Waals surface area contributed by atoms with Gasteiger partial charge in [0, 0.05) is 19.5 Å². The zero-order chi connectivity index (χ0) is 16.2. The molecule has 2 aromatic heterocycles. The average molecular weight is 317 g/mol. The van der Waals surface area contributed by atoms with E-state index in [4.69, 9.17) is 8.94 Å². The molecule has 0 bridgehead atoms. The van der Waals surface area contributed by atoms with Gasteiger partial charge in [0.2, 0.25) is 5.89 Å². The zero-order valence-electron chi connectivity index (χ0n) is 13.7. The first-order valence-electron chi connectivity index (χ1n) is 8.35. The molecule has 0 unspecified atom stereocenters. The van der Waals surface area contributed by atoms with Crippen LogP contribution in [0.2, 0.25) is 0 Å². The third kappa shape index (κ3) is 3.46. The van der Waals surface area contributed by atoms with E-state index in [1.165, 1.54) is 0 Å². The van der Waals surface area contributed by atoms with Crippen LogP contribution in [0.5, 0.6) is 0 Å². The minimum absolute atomic E-state index is 0.0201. The fraction of sp³-hybridized carbons (Fsp3) is 0.588. The Labute approximate surface area is 135 Å². The molecule has 0 spiro atoms. The number of furan rings is 1. The van der Waals surface area contributed by atoms with E-state index in [1.807, 2.05) is 11.8 Å². The van der Waals surface area contributed by atoms with E-state index in [9.17, 15) is 4.79 Å². The summed E-state index contributed by atoms with van der Waals surface area (Å²) in [6, 6.07) is 1.73. The maximum atomic E-state index is 12.6. The lowest BCUT2D eigenvalue weighted by Crippen LogP contribution is -2.39. The van der Waals surface area contributed by atoms with Gasteiger partial charge in [0.05, 0.1) is 17.7 Å². The molecule has 1 atom stereocenters. The largest absolute Gasteiger partial charge is 0.469 e. The third-order valence-corrected chi connectivity index (χ3v) is 4.38. The second-order valence-electron chi connectivity index (χ2n) is 6.13. The lowest BCUT2D eigenvalue weighted by molar-refractivity contribution is 0.0694. The normalized spacial score (nSPS) is 18.3. The summed E-state index contributed by atoms with van der Waals surface area (Å²) in [7, 11) is 0. The van der Waals surface area contributed by atoms with Crippen molar-refractivity contribution in [3.63, 3.8) is 0 Å². The van der Waals surface area contributed by atoms with E-state index in [2.05, 4.69) is 17.1 Å². The summed E-state index contributed by atoms with van der Waals surface area (Å²) in [6.07, 6.45) is 6.50. The highest BCUT2D eigenvalue weighted by Gasteiger charge is 2.30. The van der Waals surface area contributed by atoms with Crippen LogP contribution in [-0.2, 0) is 6.42 Å². The fourth-order valence-electron chi connectivity index (χ4n) is 3.01. The lowest BCUT2D eigenvalue weighted by Gasteiger charge is -2.30. The summed E-state index contributed by atoms with van der Waals surface area (Å²) in [5.41, 5.74) is 0.639. The molecule has 124 valence electrons. The summed E-state index contributed by atoms with van der Waals surface area (Å²) in [5, 5.41) is 4.06. The Balaban J connectivity index is 1.67. The molecule has 6 heteroatoms. The minimum atomic E-state index is 0.0201. The number of hydrogen-bond donors (Lipinski definition) is 0. The van der Waals surface area contributed by atoms with Crippen LogP contribution in [0.25, 0.3) is 0 Å². The molecule has 3 rings (SSSR count). The lowest BCUT2D eigenvalue weighted by atomic mass is 9.97. The van der Waals surface area contributed by atoms with Gasteiger partial charge in [-0.05, 0) is 32.3 Å². The summed E-state index contributed by atoms with van der Waals surface area (Å²) in [6.45, 7) is 5.34. The Morgan fingerprint density at radius 1 is 1.48 bits per heavy atom. The van der Waals surface area contributed by atoms with Crippen molar-refractivity contribution in [1.29, 1.82) is 0 Å². The van der Waals surface area contributed by atoms with Gasteiger partial charge in [0.1, 0.15) is 5.76 Å². The first-order valence-corrected chi connectivity index (χ1v) is 8.35. The number of hydrogen-bond acceptors (Lipinski definition) is 5. The Morgan fingerprint density at radius 2 is 2.35 bits per heavy atom. The predicted molar refractivity (Wildman–Crippen MR) is 84.2 cm³/mol. The molecule has 6 nitrogen and oxygen atoms in total. The van der Waals surface area contributed by atoms with Crippen molar-refractivity contribution in [2.24, 2.45) is 0 Å². The van der Waals surface area contributed by atoms with Crippen LogP contribution < -0.4 is 0 Å². The molecule has 0 saturated carbocycles. The summed E-state index contributed by atoms with van der Waals surface area (Å²) >= 11 is 0. The van der Waals surface area contributed by atoms with Crippen LogP contribution in [0.3, 0.4) is 0 Å². The van der Waals surface area contributed by atoms with Crippen LogP contribution in [0, 0.1) is 6.92 Å². The Bertz CT molecular complexity index is 662. The molecule has 1 amide bonds. The number of rotatable bonds is 5. The summed E-state index contributed by atoms with van der Waals surface area (Å²) < 4.78 is 10.7. The highest BCUT2D eigenvalue weighted by molar-refractivity contribution is 5.95. The molecule has 1 aliphatic heterocycles. The van der Waals surface area contributed by atoms with Gasteiger partial charge in [-0.15, -0.1) is 0 Å². The Kier molecular flexibility index (Phi) is 4.79. The number of piperidine rings is 1. The number of aromatic nitrogens is 2.